The number of aliphatic imine (C=N–C) groups is 1. The van der Waals surface area contributed by atoms with Crippen molar-refractivity contribution in [1.82, 2.24) is 10.4 Å². The van der Waals surface area contributed by atoms with E-state index in [1.807, 2.05) is 59.5 Å². The number of hydrogen-bond donors (Lipinski definition) is 2. The fourth-order valence-electron chi connectivity index (χ4n) is 3.19. The van der Waals surface area contributed by atoms with Crippen LogP contribution in [0.4, 0.5) is 5.69 Å². The van der Waals surface area contributed by atoms with Crippen molar-refractivity contribution in [2.24, 2.45) is 10.7 Å². The van der Waals surface area contributed by atoms with Crippen LogP contribution < -0.4 is 16.1 Å². The van der Waals surface area contributed by atoms with E-state index in [-0.39, 0.29) is 16.7 Å². The van der Waals surface area contributed by atoms with Crippen molar-refractivity contribution in [3.8, 4) is 12.1 Å². The van der Waals surface area contributed by atoms with E-state index in [1.165, 1.54) is 5.01 Å². The Morgan fingerprint density at radius 1 is 1.09 bits per heavy atom. The minimum Gasteiger partial charge on any atom is -0.375 e. The molecule has 160 valence electrons. The van der Waals surface area contributed by atoms with Crippen LogP contribution in [-0.2, 0) is 4.79 Å². The number of benzene rings is 2. The van der Waals surface area contributed by atoms with Crippen LogP contribution in [0.25, 0.3) is 6.08 Å². The van der Waals surface area contributed by atoms with E-state index in [2.05, 4.69) is 22.6 Å². The van der Waals surface area contributed by atoms with Crippen LogP contribution in [0, 0.1) is 22.7 Å². The van der Waals surface area contributed by atoms with Gasteiger partial charge in [0.2, 0.25) is 0 Å². The number of carbonyl (C=O) groups excluding carboxylic acids is 1. The zero-order chi connectivity index (χ0) is 22.9. The van der Waals surface area contributed by atoms with Gasteiger partial charge in [-0.25, -0.2) is 4.99 Å². The maximum absolute atomic E-state index is 12.9. The molecule has 0 saturated carbocycles. The SMILES string of the molecule is N#CCCN(CCC#N)c1ccc(C=C2N=C(c3ccccc3)N(NC(N)=S)C2=O)cc1. The molecule has 32 heavy (non-hydrogen) atoms. The molecule has 2 aromatic rings. The summed E-state index contributed by atoms with van der Waals surface area (Å²) in [5.74, 6) is 0.0378. The Kier molecular flexibility index (Phi) is 7.52. The van der Waals surface area contributed by atoms with Gasteiger partial charge in [-0.3, -0.25) is 10.2 Å². The lowest BCUT2D eigenvalue weighted by atomic mass is 10.1. The molecule has 1 aliphatic heterocycles. The van der Waals surface area contributed by atoms with Crippen molar-refractivity contribution in [2.75, 3.05) is 18.0 Å². The van der Waals surface area contributed by atoms with Crippen molar-refractivity contribution >= 4 is 40.8 Å². The van der Waals surface area contributed by atoms with Gasteiger partial charge in [-0.05, 0) is 36.0 Å². The summed E-state index contributed by atoms with van der Waals surface area (Å²) in [5.41, 5.74) is 10.9. The van der Waals surface area contributed by atoms with Crippen LogP contribution in [0.2, 0.25) is 0 Å². The summed E-state index contributed by atoms with van der Waals surface area (Å²) < 4.78 is 0. The number of anilines is 1. The standard InChI is InChI=1S/C23H21N7OS/c24-12-4-14-29(15-5-13-25)19-10-8-17(9-11-19)16-20-22(31)30(28-23(26)32)21(27-20)18-6-2-1-3-7-18/h1-3,6-11,16H,4-5,14-15H2,(H3,26,28,32). The molecule has 3 N–H and O–H groups in total. The molecule has 1 aliphatic rings. The summed E-state index contributed by atoms with van der Waals surface area (Å²) in [4.78, 5) is 19.4. The number of hydrogen-bond acceptors (Lipinski definition) is 6. The Morgan fingerprint density at radius 3 is 2.28 bits per heavy atom. The molecule has 0 atom stereocenters. The molecule has 0 aliphatic carbocycles. The largest absolute Gasteiger partial charge is 0.375 e. The molecule has 9 heteroatoms. The summed E-state index contributed by atoms with van der Waals surface area (Å²) >= 11 is 4.91. The number of rotatable bonds is 8. The Balaban J connectivity index is 1.87. The molecular formula is C23H21N7OS. The lowest BCUT2D eigenvalue weighted by Gasteiger charge is -2.22. The zero-order valence-corrected chi connectivity index (χ0v) is 18.0. The highest BCUT2D eigenvalue weighted by molar-refractivity contribution is 7.80. The highest BCUT2D eigenvalue weighted by Gasteiger charge is 2.31. The van der Waals surface area contributed by atoms with Gasteiger partial charge < -0.3 is 10.6 Å². The van der Waals surface area contributed by atoms with Gasteiger partial charge in [0.05, 0.1) is 25.0 Å². The second-order valence-electron chi connectivity index (χ2n) is 6.84. The van der Waals surface area contributed by atoms with Gasteiger partial charge in [0, 0.05) is 24.3 Å². The van der Waals surface area contributed by atoms with Crippen LogP contribution in [0.3, 0.4) is 0 Å². The second kappa shape index (κ2) is 10.7. The summed E-state index contributed by atoms with van der Waals surface area (Å²) in [6.07, 6.45) is 2.42. The Bertz CT molecular complexity index is 1110. The average Bonchev–Trinajstić information content (AvgIpc) is 3.10. The Hall–Kier alpha value is -4.21. The third-order valence-corrected chi connectivity index (χ3v) is 4.75. The molecule has 0 fully saturated rings. The molecule has 2 aromatic carbocycles. The molecule has 8 nitrogen and oxygen atoms in total. The number of thiocarbonyl (C=S) groups is 1. The first-order valence-corrected chi connectivity index (χ1v) is 10.3. The van der Waals surface area contributed by atoms with E-state index in [9.17, 15) is 4.79 Å². The maximum atomic E-state index is 12.9. The number of amides is 1. The fourth-order valence-corrected chi connectivity index (χ4v) is 3.28. The Morgan fingerprint density at radius 2 is 1.72 bits per heavy atom. The number of carbonyl (C=O) groups is 1. The van der Waals surface area contributed by atoms with Crippen LogP contribution in [0.1, 0.15) is 24.0 Å². The van der Waals surface area contributed by atoms with Crippen LogP contribution in [-0.4, -0.2) is 35.0 Å². The first-order valence-electron chi connectivity index (χ1n) is 9.88. The third kappa shape index (κ3) is 5.48. The van der Waals surface area contributed by atoms with E-state index >= 15 is 0 Å². The van der Waals surface area contributed by atoms with E-state index < -0.39 is 0 Å². The summed E-state index contributed by atoms with van der Waals surface area (Å²) in [5, 5.41) is 19.0. The van der Waals surface area contributed by atoms with Gasteiger partial charge in [0.25, 0.3) is 5.91 Å². The Labute approximate surface area is 191 Å². The van der Waals surface area contributed by atoms with Crippen LogP contribution >= 0.6 is 12.2 Å². The third-order valence-electron chi connectivity index (χ3n) is 4.66. The van der Waals surface area contributed by atoms with Crippen molar-refractivity contribution in [1.29, 1.82) is 10.5 Å². The number of nitrogens with one attached hydrogen (secondary N) is 1. The van der Waals surface area contributed by atoms with E-state index in [0.29, 0.717) is 31.8 Å². The van der Waals surface area contributed by atoms with Crippen molar-refractivity contribution in [3.05, 3.63) is 71.4 Å². The highest BCUT2D eigenvalue weighted by atomic mass is 32.1. The molecule has 0 spiro atoms. The van der Waals surface area contributed by atoms with Gasteiger partial charge in [0.15, 0.2) is 10.9 Å². The number of hydrazine groups is 1. The van der Waals surface area contributed by atoms with Crippen molar-refractivity contribution in [3.63, 3.8) is 0 Å². The summed E-state index contributed by atoms with van der Waals surface area (Å²) in [6.45, 7) is 1.09. The summed E-state index contributed by atoms with van der Waals surface area (Å²) in [6, 6.07) is 21.0. The topological polar surface area (TPSA) is 122 Å². The number of nitrogens with zero attached hydrogens (tertiary/aromatic N) is 5. The van der Waals surface area contributed by atoms with Gasteiger partial charge >= 0.3 is 0 Å². The first-order chi connectivity index (χ1) is 15.5. The van der Waals surface area contributed by atoms with Gasteiger partial charge in [-0.1, -0.05) is 42.5 Å². The monoisotopic (exact) mass is 443 g/mol. The quantitative estimate of drug-likeness (QED) is 0.475. The predicted octanol–water partition coefficient (Wildman–Crippen LogP) is 2.70. The predicted molar refractivity (Wildman–Crippen MR) is 127 cm³/mol. The molecule has 0 unspecified atom stereocenters. The number of nitriles is 2. The van der Waals surface area contributed by atoms with Crippen LogP contribution in [0.15, 0.2) is 65.3 Å². The zero-order valence-electron chi connectivity index (χ0n) is 17.2. The van der Waals surface area contributed by atoms with Crippen LogP contribution in [0.5, 0.6) is 0 Å². The van der Waals surface area contributed by atoms with E-state index in [0.717, 1.165) is 16.8 Å². The smallest absolute Gasteiger partial charge is 0.297 e. The number of amidine groups is 1. The lowest BCUT2D eigenvalue weighted by Crippen LogP contribution is -2.49. The molecular weight excluding hydrogens is 422 g/mol. The van der Waals surface area contributed by atoms with Crippen molar-refractivity contribution in [2.45, 2.75) is 12.8 Å². The minimum atomic E-state index is -0.370. The lowest BCUT2D eigenvalue weighted by molar-refractivity contribution is -0.123. The van der Waals surface area contributed by atoms with Crippen molar-refractivity contribution < 1.29 is 4.79 Å². The molecule has 0 radical (unpaired) electrons. The van der Waals surface area contributed by atoms with Gasteiger partial charge in [0.1, 0.15) is 5.70 Å². The molecule has 1 heterocycles. The molecule has 1 amide bonds. The average molecular weight is 444 g/mol. The minimum absolute atomic E-state index is 0.0394. The maximum Gasteiger partial charge on any atom is 0.297 e. The molecule has 0 bridgehead atoms. The second-order valence-corrected chi connectivity index (χ2v) is 7.28. The summed E-state index contributed by atoms with van der Waals surface area (Å²) in [7, 11) is 0. The molecule has 0 saturated heterocycles. The fraction of sp³-hybridized carbons (Fsp3) is 0.174. The highest BCUT2D eigenvalue weighted by Crippen LogP contribution is 2.22. The van der Waals surface area contributed by atoms with Gasteiger partial charge in [-0.15, -0.1) is 0 Å². The van der Waals surface area contributed by atoms with E-state index in [1.54, 1.807) is 6.08 Å². The number of nitrogens with two attached hydrogens (primary N) is 1. The normalized spacial score (nSPS) is 13.9. The first kappa shape index (κ1) is 22.5. The van der Waals surface area contributed by atoms with E-state index in [4.69, 9.17) is 28.5 Å². The molecule has 3 rings (SSSR count). The van der Waals surface area contributed by atoms with Gasteiger partial charge in [-0.2, -0.15) is 15.5 Å². The molecule has 0 aromatic heterocycles.